The van der Waals surface area contributed by atoms with Crippen molar-refractivity contribution in [2.45, 2.75) is 33.6 Å². The van der Waals surface area contributed by atoms with Gasteiger partial charge in [-0.1, -0.05) is 13.8 Å². The summed E-state index contributed by atoms with van der Waals surface area (Å²) < 4.78 is 0. The van der Waals surface area contributed by atoms with E-state index in [0.717, 1.165) is 0 Å². The normalized spacial score (nSPS) is 12.1. The van der Waals surface area contributed by atoms with Gasteiger partial charge in [0.05, 0.1) is 5.57 Å². The lowest BCUT2D eigenvalue weighted by Gasteiger charge is -1.95. The van der Waals surface area contributed by atoms with Gasteiger partial charge >= 0.3 is 11.9 Å². The molecule has 17 heavy (non-hydrogen) atoms. The van der Waals surface area contributed by atoms with Crippen LogP contribution in [0.2, 0.25) is 0 Å². The number of hydrogen-bond acceptors (Lipinski definition) is 4. The van der Waals surface area contributed by atoms with E-state index in [4.69, 9.17) is 20.4 Å². The molecule has 0 amide bonds. The summed E-state index contributed by atoms with van der Waals surface area (Å²) in [5.41, 5.74) is 0.0255. The van der Waals surface area contributed by atoms with Crippen LogP contribution in [-0.2, 0) is 9.59 Å². The lowest BCUT2D eigenvalue weighted by Crippen LogP contribution is -1.99. The highest BCUT2D eigenvalue weighted by atomic mass is 16.4. The molecule has 0 saturated carbocycles. The highest BCUT2D eigenvalue weighted by Crippen LogP contribution is 2.03. The lowest BCUT2D eigenvalue weighted by atomic mass is 10.2. The Balaban J connectivity index is 0. The van der Waals surface area contributed by atoms with Crippen molar-refractivity contribution < 1.29 is 30.0 Å². The summed E-state index contributed by atoms with van der Waals surface area (Å²) in [6.07, 6.45) is 2.15. The molecule has 0 atom stereocenters. The first-order valence-electron chi connectivity index (χ1n) is 5.02. The summed E-state index contributed by atoms with van der Waals surface area (Å²) in [6.45, 7) is 4.82. The van der Waals surface area contributed by atoms with E-state index in [1.54, 1.807) is 13.8 Å². The molecule has 98 valence electrons. The van der Waals surface area contributed by atoms with Crippen LogP contribution >= 0.6 is 0 Å². The second kappa shape index (κ2) is 9.26. The Morgan fingerprint density at radius 2 is 1.47 bits per heavy atom. The maximum atomic E-state index is 10.1. The number of carboxylic acids is 2. The van der Waals surface area contributed by atoms with Crippen LogP contribution in [-0.4, -0.2) is 32.4 Å². The average Bonchev–Trinajstić information content (AvgIpc) is 2.27. The van der Waals surface area contributed by atoms with Crippen molar-refractivity contribution in [3.05, 3.63) is 23.2 Å². The topological polar surface area (TPSA) is 115 Å². The number of hydrogen-bond donors (Lipinski definition) is 4. The molecule has 6 nitrogen and oxygen atoms in total. The number of carboxylic acid groups (broad SMARTS) is 2. The molecule has 0 fully saturated rings. The van der Waals surface area contributed by atoms with Gasteiger partial charge in [-0.05, 0) is 19.4 Å². The van der Waals surface area contributed by atoms with Gasteiger partial charge in [-0.3, -0.25) is 0 Å². The molecule has 0 aliphatic rings. The zero-order chi connectivity index (χ0) is 14.0. The predicted molar refractivity (Wildman–Crippen MR) is 61.9 cm³/mol. The van der Waals surface area contributed by atoms with Crippen LogP contribution in [0.5, 0.6) is 0 Å². The first kappa shape index (κ1) is 17.4. The molecule has 0 heterocycles. The van der Waals surface area contributed by atoms with E-state index in [9.17, 15) is 9.59 Å². The zero-order valence-electron chi connectivity index (χ0n) is 10.1. The number of aliphatic hydroxyl groups is 2. The number of allylic oxidation sites excluding steroid dienone is 2. The van der Waals surface area contributed by atoms with Crippen molar-refractivity contribution in [2.24, 2.45) is 0 Å². The van der Waals surface area contributed by atoms with Crippen LogP contribution in [0.4, 0.5) is 0 Å². The molecule has 0 aliphatic heterocycles. The molecular weight excluding hydrogens is 228 g/mol. The summed E-state index contributed by atoms with van der Waals surface area (Å²) in [5.74, 6) is -2.96. The van der Waals surface area contributed by atoms with Gasteiger partial charge in [0.25, 0.3) is 0 Å². The molecule has 0 spiro atoms. The molecule has 0 saturated heterocycles. The zero-order valence-corrected chi connectivity index (χ0v) is 10.1. The van der Waals surface area contributed by atoms with Crippen molar-refractivity contribution in [3.63, 3.8) is 0 Å². The third-order valence-electron chi connectivity index (χ3n) is 1.71. The summed E-state index contributed by atoms with van der Waals surface area (Å²) in [6, 6.07) is 0. The standard InChI is InChI=1S/C6H10O3.C5H8O3/c1-3-5(7)4(2)6(8)9;1-2-3-4(6)5(7)8/h7H,3H2,1-2H3,(H,8,9);3,6H,2H2,1H3,(H,7,8)/b5-4+;4-3-. The van der Waals surface area contributed by atoms with Gasteiger partial charge in [0, 0.05) is 6.42 Å². The van der Waals surface area contributed by atoms with Gasteiger partial charge < -0.3 is 20.4 Å². The Hall–Kier alpha value is -1.98. The van der Waals surface area contributed by atoms with E-state index in [-0.39, 0.29) is 11.3 Å². The molecule has 6 heteroatoms. The smallest absolute Gasteiger partial charge is 0.370 e. The van der Waals surface area contributed by atoms with Gasteiger partial charge in [0.1, 0.15) is 5.76 Å². The van der Waals surface area contributed by atoms with Crippen LogP contribution in [0.3, 0.4) is 0 Å². The highest BCUT2D eigenvalue weighted by Gasteiger charge is 2.04. The van der Waals surface area contributed by atoms with Crippen molar-refractivity contribution in [1.82, 2.24) is 0 Å². The number of carbonyl (C=O) groups is 2. The maximum Gasteiger partial charge on any atom is 0.370 e. The van der Waals surface area contributed by atoms with E-state index in [2.05, 4.69) is 0 Å². The number of rotatable bonds is 4. The quantitative estimate of drug-likeness (QED) is 0.446. The fourth-order valence-corrected chi connectivity index (χ4v) is 0.669. The molecule has 0 aromatic rings. The Morgan fingerprint density at radius 1 is 1.00 bits per heavy atom. The maximum absolute atomic E-state index is 10.1. The van der Waals surface area contributed by atoms with Crippen LogP contribution in [0.1, 0.15) is 33.6 Å². The summed E-state index contributed by atoms with van der Waals surface area (Å²) in [5, 5.41) is 33.4. The fraction of sp³-hybridized carbons (Fsp3) is 0.455. The van der Waals surface area contributed by atoms with Crippen molar-refractivity contribution in [3.8, 4) is 0 Å². The Labute approximate surface area is 99.5 Å². The van der Waals surface area contributed by atoms with Gasteiger partial charge in [-0.2, -0.15) is 0 Å². The van der Waals surface area contributed by atoms with Gasteiger partial charge in [-0.25, -0.2) is 9.59 Å². The Morgan fingerprint density at radius 3 is 1.59 bits per heavy atom. The molecule has 0 aliphatic carbocycles. The van der Waals surface area contributed by atoms with Crippen molar-refractivity contribution >= 4 is 11.9 Å². The highest BCUT2D eigenvalue weighted by molar-refractivity contribution is 5.86. The second-order valence-electron chi connectivity index (χ2n) is 3.03. The molecular formula is C11H18O6. The summed E-state index contributed by atoms with van der Waals surface area (Å²) in [7, 11) is 0. The monoisotopic (exact) mass is 246 g/mol. The van der Waals surface area contributed by atoms with E-state index < -0.39 is 17.7 Å². The molecule has 0 aromatic carbocycles. The number of aliphatic carboxylic acids is 2. The van der Waals surface area contributed by atoms with E-state index in [0.29, 0.717) is 12.8 Å². The minimum atomic E-state index is -1.27. The number of aliphatic hydroxyl groups excluding tert-OH is 2. The summed E-state index contributed by atoms with van der Waals surface area (Å²) >= 11 is 0. The van der Waals surface area contributed by atoms with Gasteiger partial charge in [-0.15, -0.1) is 0 Å². The molecule has 0 radical (unpaired) electrons. The van der Waals surface area contributed by atoms with E-state index in [1.807, 2.05) is 0 Å². The minimum Gasteiger partial charge on any atom is -0.512 e. The van der Waals surface area contributed by atoms with Crippen molar-refractivity contribution in [2.75, 3.05) is 0 Å². The van der Waals surface area contributed by atoms with Crippen molar-refractivity contribution in [1.29, 1.82) is 0 Å². The summed E-state index contributed by atoms with van der Waals surface area (Å²) in [4.78, 5) is 19.9. The van der Waals surface area contributed by atoms with Gasteiger partial charge in [0.15, 0.2) is 5.76 Å². The lowest BCUT2D eigenvalue weighted by molar-refractivity contribution is -0.135. The largest absolute Gasteiger partial charge is 0.512 e. The van der Waals surface area contributed by atoms with E-state index >= 15 is 0 Å². The van der Waals surface area contributed by atoms with Gasteiger partial charge in [0.2, 0.25) is 0 Å². The van der Waals surface area contributed by atoms with Crippen LogP contribution in [0, 0.1) is 0 Å². The van der Waals surface area contributed by atoms with Crippen LogP contribution < -0.4 is 0 Å². The molecule has 0 bridgehead atoms. The fourth-order valence-electron chi connectivity index (χ4n) is 0.669. The first-order chi connectivity index (χ1) is 7.77. The predicted octanol–water partition coefficient (Wildman–Crippen LogP) is 2.24. The molecule has 0 aromatic heterocycles. The molecule has 0 unspecified atom stereocenters. The SMILES string of the molecule is CC/C(O)=C(/C)C(=O)O.CC/C=C(\O)C(=O)O. The first-order valence-corrected chi connectivity index (χ1v) is 5.02. The second-order valence-corrected chi connectivity index (χ2v) is 3.03. The Kier molecular flexibility index (Phi) is 9.49. The third kappa shape index (κ3) is 8.98. The van der Waals surface area contributed by atoms with E-state index in [1.165, 1.54) is 13.0 Å². The minimum absolute atomic E-state index is 0.0255. The van der Waals surface area contributed by atoms with Crippen LogP contribution in [0.15, 0.2) is 23.2 Å². The molecule has 0 rings (SSSR count). The molecule has 4 N–H and O–H groups in total. The average molecular weight is 246 g/mol. The van der Waals surface area contributed by atoms with Crippen LogP contribution in [0.25, 0.3) is 0 Å². The third-order valence-corrected chi connectivity index (χ3v) is 1.71. The Bertz CT molecular complexity index is 327.